The smallest absolute Gasteiger partial charge is 0.231 e. The van der Waals surface area contributed by atoms with Gasteiger partial charge in [0.05, 0.1) is 12.7 Å². The molecule has 0 radical (unpaired) electrons. The predicted molar refractivity (Wildman–Crippen MR) is 68.0 cm³/mol. The minimum atomic E-state index is -0.255. The van der Waals surface area contributed by atoms with Gasteiger partial charge in [0.2, 0.25) is 5.91 Å². The third-order valence-electron chi connectivity index (χ3n) is 3.24. The highest BCUT2D eigenvalue weighted by Crippen LogP contribution is 2.15. The molecule has 2 rings (SSSR count). The van der Waals surface area contributed by atoms with E-state index in [4.69, 9.17) is 5.73 Å². The number of primary amides is 1. The molecule has 0 saturated carbocycles. The fourth-order valence-electron chi connectivity index (χ4n) is 2.27. The second-order valence-electron chi connectivity index (χ2n) is 4.60. The zero-order chi connectivity index (χ0) is 13.0. The van der Waals surface area contributed by atoms with Crippen molar-refractivity contribution >= 4 is 11.7 Å². The lowest BCUT2D eigenvalue weighted by molar-refractivity contribution is -0.119. The van der Waals surface area contributed by atoms with Gasteiger partial charge in [-0.25, -0.2) is 4.68 Å². The number of carbonyl (C=O) groups excluding carboxylic acids is 1. The van der Waals surface area contributed by atoms with E-state index in [1.54, 1.807) is 6.20 Å². The van der Waals surface area contributed by atoms with Gasteiger partial charge in [0.25, 0.3) is 0 Å². The van der Waals surface area contributed by atoms with Crippen LogP contribution in [-0.4, -0.2) is 51.5 Å². The van der Waals surface area contributed by atoms with Gasteiger partial charge in [-0.05, 0) is 19.8 Å². The third kappa shape index (κ3) is 3.19. The number of rotatable bonds is 5. The molecule has 1 aromatic heterocycles. The summed E-state index contributed by atoms with van der Waals surface area (Å²) in [5.74, 6) is 0.709. The fraction of sp³-hybridized carbons (Fsp3) is 0.727. The SMILES string of the molecule is CCn1nncc1NC1CCN(CC(N)=O)CC1. The van der Waals surface area contributed by atoms with E-state index >= 15 is 0 Å². The van der Waals surface area contributed by atoms with Crippen molar-refractivity contribution in [2.45, 2.75) is 32.4 Å². The number of anilines is 1. The third-order valence-corrected chi connectivity index (χ3v) is 3.24. The molecular weight excluding hydrogens is 232 g/mol. The van der Waals surface area contributed by atoms with Gasteiger partial charge >= 0.3 is 0 Å². The van der Waals surface area contributed by atoms with Gasteiger partial charge in [0, 0.05) is 25.7 Å². The van der Waals surface area contributed by atoms with Crippen LogP contribution < -0.4 is 11.1 Å². The highest BCUT2D eigenvalue weighted by Gasteiger charge is 2.20. The van der Waals surface area contributed by atoms with E-state index in [1.165, 1.54) is 0 Å². The number of aromatic nitrogens is 3. The van der Waals surface area contributed by atoms with Crippen LogP contribution in [0.25, 0.3) is 0 Å². The van der Waals surface area contributed by atoms with Crippen molar-refractivity contribution < 1.29 is 4.79 Å². The largest absolute Gasteiger partial charge is 0.369 e. The Morgan fingerprint density at radius 1 is 1.56 bits per heavy atom. The molecule has 1 aromatic rings. The van der Waals surface area contributed by atoms with E-state index in [0.29, 0.717) is 12.6 Å². The predicted octanol–water partition coefficient (Wildman–Crippen LogP) is -0.340. The molecule has 1 amide bonds. The monoisotopic (exact) mass is 252 g/mol. The first-order chi connectivity index (χ1) is 8.69. The number of nitrogens with two attached hydrogens (primary N) is 1. The number of hydrogen-bond acceptors (Lipinski definition) is 5. The number of nitrogens with one attached hydrogen (secondary N) is 1. The van der Waals surface area contributed by atoms with Crippen molar-refractivity contribution in [1.29, 1.82) is 0 Å². The molecule has 3 N–H and O–H groups in total. The number of carbonyl (C=O) groups is 1. The molecule has 1 aliphatic heterocycles. The number of likely N-dealkylation sites (tertiary alicyclic amines) is 1. The first-order valence-corrected chi connectivity index (χ1v) is 6.34. The van der Waals surface area contributed by atoms with Crippen LogP contribution in [0.15, 0.2) is 6.20 Å². The first-order valence-electron chi connectivity index (χ1n) is 6.34. The first kappa shape index (κ1) is 12.8. The van der Waals surface area contributed by atoms with Crippen molar-refractivity contribution in [2.75, 3.05) is 25.0 Å². The Hall–Kier alpha value is -1.63. The maximum absolute atomic E-state index is 10.8. The zero-order valence-electron chi connectivity index (χ0n) is 10.7. The summed E-state index contributed by atoms with van der Waals surface area (Å²) in [5, 5.41) is 11.3. The lowest BCUT2D eigenvalue weighted by Crippen LogP contribution is -2.43. The Morgan fingerprint density at radius 2 is 2.28 bits per heavy atom. The van der Waals surface area contributed by atoms with Crippen LogP contribution in [0.2, 0.25) is 0 Å². The summed E-state index contributed by atoms with van der Waals surface area (Å²) >= 11 is 0. The number of hydrogen-bond donors (Lipinski definition) is 2. The fourth-order valence-corrected chi connectivity index (χ4v) is 2.27. The van der Waals surface area contributed by atoms with Crippen LogP contribution in [-0.2, 0) is 11.3 Å². The van der Waals surface area contributed by atoms with Crippen molar-refractivity contribution in [3.63, 3.8) is 0 Å². The average Bonchev–Trinajstić information content (AvgIpc) is 2.78. The molecule has 0 atom stereocenters. The standard InChI is InChI=1S/C11H20N6O/c1-2-17-11(7-13-15-17)14-9-3-5-16(6-4-9)8-10(12)18/h7,9,14H,2-6,8H2,1H3,(H2,12,18). The molecule has 0 aliphatic carbocycles. The maximum Gasteiger partial charge on any atom is 0.231 e. The molecule has 18 heavy (non-hydrogen) atoms. The molecule has 1 fully saturated rings. The van der Waals surface area contributed by atoms with Crippen molar-refractivity contribution in [3.05, 3.63) is 6.20 Å². The van der Waals surface area contributed by atoms with Gasteiger partial charge in [-0.3, -0.25) is 9.69 Å². The van der Waals surface area contributed by atoms with E-state index in [1.807, 2.05) is 11.6 Å². The summed E-state index contributed by atoms with van der Waals surface area (Å²) in [6.07, 6.45) is 3.75. The molecule has 7 heteroatoms. The molecule has 7 nitrogen and oxygen atoms in total. The number of piperidine rings is 1. The van der Waals surface area contributed by atoms with Crippen LogP contribution in [0.4, 0.5) is 5.82 Å². The van der Waals surface area contributed by atoms with Crippen molar-refractivity contribution in [3.8, 4) is 0 Å². The van der Waals surface area contributed by atoms with E-state index in [0.717, 1.165) is 38.3 Å². The lowest BCUT2D eigenvalue weighted by Gasteiger charge is -2.31. The molecule has 2 heterocycles. The second-order valence-corrected chi connectivity index (χ2v) is 4.60. The second kappa shape index (κ2) is 5.81. The molecule has 0 unspecified atom stereocenters. The van der Waals surface area contributed by atoms with Crippen molar-refractivity contribution in [1.82, 2.24) is 19.9 Å². The maximum atomic E-state index is 10.8. The number of amides is 1. The van der Waals surface area contributed by atoms with Crippen LogP contribution in [0, 0.1) is 0 Å². The Balaban J connectivity index is 1.81. The van der Waals surface area contributed by atoms with Gasteiger partial charge in [-0.1, -0.05) is 5.21 Å². The number of nitrogens with zero attached hydrogens (tertiary/aromatic N) is 4. The van der Waals surface area contributed by atoms with Crippen LogP contribution in [0.1, 0.15) is 19.8 Å². The summed E-state index contributed by atoms with van der Waals surface area (Å²) in [6, 6.07) is 0.415. The Kier molecular flexibility index (Phi) is 4.14. The highest BCUT2D eigenvalue weighted by molar-refractivity contribution is 5.75. The molecule has 1 aliphatic rings. The van der Waals surface area contributed by atoms with E-state index in [2.05, 4.69) is 20.5 Å². The summed E-state index contributed by atoms with van der Waals surface area (Å²) in [4.78, 5) is 12.9. The summed E-state index contributed by atoms with van der Waals surface area (Å²) in [7, 11) is 0. The normalized spacial score (nSPS) is 17.8. The molecule has 1 saturated heterocycles. The minimum absolute atomic E-state index is 0.255. The Labute approximate surface area is 106 Å². The number of aryl methyl sites for hydroxylation is 1. The highest BCUT2D eigenvalue weighted by atomic mass is 16.1. The van der Waals surface area contributed by atoms with Gasteiger partial charge in [-0.15, -0.1) is 5.10 Å². The summed E-state index contributed by atoms with van der Waals surface area (Å²) in [6.45, 7) is 5.00. The van der Waals surface area contributed by atoms with Gasteiger partial charge < -0.3 is 11.1 Å². The van der Waals surface area contributed by atoms with Crippen LogP contribution >= 0.6 is 0 Å². The molecule has 0 spiro atoms. The minimum Gasteiger partial charge on any atom is -0.369 e. The quantitative estimate of drug-likeness (QED) is 0.748. The van der Waals surface area contributed by atoms with E-state index in [-0.39, 0.29) is 5.91 Å². The Morgan fingerprint density at radius 3 is 2.89 bits per heavy atom. The molecule has 0 bridgehead atoms. The van der Waals surface area contributed by atoms with Gasteiger partial charge in [0.15, 0.2) is 0 Å². The van der Waals surface area contributed by atoms with Crippen LogP contribution in [0.5, 0.6) is 0 Å². The topological polar surface area (TPSA) is 89.1 Å². The van der Waals surface area contributed by atoms with Gasteiger partial charge in [0.1, 0.15) is 5.82 Å². The summed E-state index contributed by atoms with van der Waals surface area (Å²) < 4.78 is 1.84. The summed E-state index contributed by atoms with van der Waals surface area (Å²) in [5.41, 5.74) is 5.19. The van der Waals surface area contributed by atoms with Gasteiger partial charge in [-0.2, -0.15) is 0 Å². The zero-order valence-corrected chi connectivity index (χ0v) is 10.7. The van der Waals surface area contributed by atoms with E-state index < -0.39 is 0 Å². The molecular formula is C11H20N6O. The Bertz CT molecular complexity index is 396. The lowest BCUT2D eigenvalue weighted by atomic mass is 10.1. The average molecular weight is 252 g/mol. The molecule has 100 valence electrons. The van der Waals surface area contributed by atoms with Crippen molar-refractivity contribution in [2.24, 2.45) is 5.73 Å². The van der Waals surface area contributed by atoms with Crippen LogP contribution in [0.3, 0.4) is 0 Å². The molecule has 0 aromatic carbocycles. The van der Waals surface area contributed by atoms with E-state index in [9.17, 15) is 4.79 Å².